The Labute approximate surface area is 209 Å². The molecule has 1 atom stereocenters. The summed E-state index contributed by atoms with van der Waals surface area (Å²) in [5.41, 5.74) is -1.39. The summed E-state index contributed by atoms with van der Waals surface area (Å²) >= 11 is 6.03. The Morgan fingerprint density at radius 1 is 0.833 bits per heavy atom. The van der Waals surface area contributed by atoms with Gasteiger partial charge in [0.2, 0.25) is 0 Å². The van der Waals surface area contributed by atoms with E-state index in [1.807, 2.05) is 0 Å². The third kappa shape index (κ3) is 5.66. The minimum atomic E-state index is -4.79. The number of pyridine rings is 1. The Morgan fingerprint density at radius 2 is 1.56 bits per heavy atom. The van der Waals surface area contributed by atoms with E-state index in [0.29, 0.717) is 11.1 Å². The molecule has 0 aliphatic rings. The van der Waals surface area contributed by atoms with Gasteiger partial charge in [-0.05, 0) is 47.5 Å². The van der Waals surface area contributed by atoms with Gasteiger partial charge in [0.05, 0.1) is 21.8 Å². The first-order chi connectivity index (χ1) is 17.1. The molecule has 0 radical (unpaired) electrons. The molecule has 0 aliphatic carbocycles. The van der Waals surface area contributed by atoms with Crippen LogP contribution in [-0.4, -0.2) is 10.1 Å². The molecule has 9 heteroatoms. The molecule has 3 aromatic carbocycles. The van der Waals surface area contributed by atoms with Crippen LogP contribution in [0.25, 0.3) is 0 Å². The van der Waals surface area contributed by atoms with E-state index < -0.39 is 28.9 Å². The first-order valence-corrected chi connectivity index (χ1v) is 11.2. The zero-order valence-corrected chi connectivity index (χ0v) is 19.4. The molecule has 36 heavy (non-hydrogen) atoms. The van der Waals surface area contributed by atoms with Crippen LogP contribution in [0.15, 0.2) is 85.1 Å². The van der Waals surface area contributed by atoms with E-state index in [-0.39, 0.29) is 35.5 Å². The molecule has 0 saturated carbocycles. The van der Waals surface area contributed by atoms with Crippen molar-refractivity contribution in [2.24, 2.45) is 0 Å². The highest BCUT2D eigenvalue weighted by atomic mass is 35.5. The van der Waals surface area contributed by atoms with Crippen LogP contribution in [0.4, 0.5) is 22.0 Å². The summed E-state index contributed by atoms with van der Waals surface area (Å²) in [5.74, 6) is -2.06. The summed E-state index contributed by atoms with van der Waals surface area (Å²) in [5, 5.41) is 13.7. The molecule has 186 valence electrons. The number of phenols is 1. The summed E-state index contributed by atoms with van der Waals surface area (Å²) in [6.07, 6.45) is -3.37. The zero-order valence-electron chi connectivity index (χ0n) is 18.7. The number of halogens is 6. The lowest BCUT2D eigenvalue weighted by Gasteiger charge is -2.36. The molecule has 0 spiro atoms. The molecule has 4 rings (SSSR count). The Hall–Kier alpha value is -3.49. The van der Waals surface area contributed by atoms with Crippen molar-refractivity contribution in [3.63, 3.8) is 0 Å². The van der Waals surface area contributed by atoms with Crippen LogP contribution in [0.1, 0.15) is 27.9 Å². The SMILES string of the molecule is Oc1cc(F)ccc1CN[C@@](Cc1ccccc1)(c1cc(F)cc(C(F)(F)F)c1)c1ccc(Cl)cn1. The summed E-state index contributed by atoms with van der Waals surface area (Å²) in [7, 11) is 0. The number of hydrogen-bond acceptors (Lipinski definition) is 3. The molecule has 4 aromatic rings. The van der Waals surface area contributed by atoms with Crippen molar-refractivity contribution >= 4 is 11.6 Å². The number of phenolic OH excluding ortho intramolecular Hbond substituents is 1. The smallest absolute Gasteiger partial charge is 0.416 e. The van der Waals surface area contributed by atoms with Gasteiger partial charge in [-0.1, -0.05) is 48.0 Å². The summed E-state index contributed by atoms with van der Waals surface area (Å²) in [6, 6.07) is 17.7. The van der Waals surface area contributed by atoms with Gasteiger partial charge in [0.25, 0.3) is 0 Å². The summed E-state index contributed by atoms with van der Waals surface area (Å²) in [6.45, 7) is -0.0961. The van der Waals surface area contributed by atoms with Crippen LogP contribution in [0.2, 0.25) is 5.02 Å². The molecule has 0 aliphatic heterocycles. The predicted molar refractivity (Wildman–Crippen MR) is 126 cm³/mol. The minimum absolute atomic E-state index is 0.0323. The second kappa shape index (κ2) is 10.2. The Morgan fingerprint density at radius 3 is 2.19 bits per heavy atom. The number of rotatable bonds is 7. The molecule has 0 fully saturated rings. The standard InChI is InChI=1S/C27H20ClF5N2O/c28-21-7-9-25(34-16-21)26(14-17-4-2-1-3-5-17,35-15-18-6-8-22(29)13-24(18)36)19-10-20(27(31,32)33)12-23(30)11-19/h1-13,16,35-36H,14-15H2/t26-/m0/s1. The molecular weight excluding hydrogens is 499 g/mol. The van der Waals surface area contributed by atoms with Crippen molar-refractivity contribution in [3.05, 3.63) is 130 Å². The first-order valence-electron chi connectivity index (χ1n) is 10.8. The van der Waals surface area contributed by atoms with E-state index in [9.17, 15) is 27.1 Å². The van der Waals surface area contributed by atoms with Crippen LogP contribution < -0.4 is 5.32 Å². The highest BCUT2D eigenvalue weighted by molar-refractivity contribution is 6.30. The van der Waals surface area contributed by atoms with Gasteiger partial charge < -0.3 is 5.11 Å². The van der Waals surface area contributed by atoms with Gasteiger partial charge in [0.1, 0.15) is 17.4 Å². The predicted octanol–water partition coefficient (Wildman–Crippen LogP) is 7.01. The third-order valence-electron chi connectivity index (χ3n) is 5.82. The molecule has 0 bridgehead atoms. The van der Waals surface area contributed by atoms with Crippen LogP contribution in [0, 0.1) is 11.6 Å². The van der Waals surface area contributed by atoms with Gasteiger partial charge in [-0.15, -0.1) is 0 Å². The molecule has 1 aromatic heterocycles. The minimum Gasteiger partial charge on any atom is -0.508 e. The van der Waals surface area contributed by atoms with E-state index in [4.69, 9.17) is 11.6 Å². The van der Waals surface area contributed by atoms with Gasteiger partial charge in [-0.3, -0.25) is 10.3 Å². The highest BCUT2D eigenvalue weighted by Crippen LogP contribution is 2.38. The largest absolute Gasteiger partial charge is 0.508 e. The lowest BCUT2D eigenvalue weighted by molar-refractivity contribution is -0.137. The number of aromatic nitrogens is 1. The highest BCUT2D eigenvalue weighted by Gasteiger charge is 2.39. The Kier molecular flexibility index (Phi) is 7.28. The average molecular weight is 519 g/mol. The average Bonchev–Trinajstić information content (AvgIpc) is 2.83. The zero-order chi connectivity index (χ0) is 25.9. The number of aromatic hydroxyl groups is 1. The fraction of sp³-hybridized carbons (Fsp3) is 0.148. The van der Waals surface area contributed by atoms with Crippen molar-refractivity contribution in [1.29, 1.82) is 0 Å². The van der Waals surface area contributed by atoms with Gasteiger partial charge in [-0.2, -0.15) is 13.2 Å². The van der Waals surface area contributed by atoms with Gasteiger partial charge in [0, 0.05) is 30.8 Å². The first kappa shape index (κ1) is 25.6. The van der Waals surface area contributed by atoms with E-state index in [2.05, 4.69) is 10.3 Å². The van der Waals surface area contributed by atoms with Crippen LogP contribution in [-0.2, 0) is 24.7 Å². The number of nitrogens with zero attached hydrogens (tertiary/aromatic N) is 1. The lowest BCUT2D eigenvalue weighted by atomic mass is 9.79. The maximum Gasteiger partial charge on any atom is 0.416 e. The van der Waals surface area contributed by atoms with E-state index >= 15 is 0 Å². The van der Waals surface area contributed by atoms with Crippen molar-refractivity contribution < 1.29 is 27.1 Å². The van der Waals surface area contributed by atoms with Crippen molar-refractivity contribution in [1.82, 2.24) is 10.3 Å². The van der Waals surface area contributed by atoms with Gasteiger partial charge in [-0.25, -0.2) is 8.78 Å². The fourth-order valence-electron chi connectivity index (χ4n) is 4.06. The molecule has 0 saturated heterocycles. The van der Waals surface area contributed by atoms with E-state index in [0.717, 1.165) is 29.8 Å². The lowest BCUT2D eigenvalue weighted by Crippen LogP contribution is -2.46. The second-order valence-corrected chi connectivity index (χ2v) is 8.72. The maximum absolute atomic E-state index is 14.6. The van der Waals surface area contributed by atoms with Gasteiger partial charge >= 0.3 is 6.18 Å². The number of alkyl halides is 3. The van der Waals surface area contributed by atoms with Crippen LogP contribution in [0.5, 0.6) is 5.75 Å². The topological polar surface area (TPSA) is 45.1 Å². The molecule has 0 amide bonds. The summed E-state index contributed by atoms with van der Waals surface area (Å²) < 4.78 is 69.2. The fourth-order valence-corrected chi connectivity index (χ4v) is 4.17. The van der Waals surface area contributed by atoms with Gasteiger partial charge in [0.15, 0.2) is 0 Å². The van der Waals surface area contributed by atoms with E-state index in [1.165, 1.54) is 18.3 Å². The van der Waals surface area contributed by atoms with Crippen molar-refractivity contribution in [2.75, 3.05) is 0 Å². The van der Waals surface area contributed by atoms with Crippen molar-refractivity contribution in [2.45, 2.75) is 24.7 Å². The van der Waals surface area contributed by atoms with Crippen LogP contribution >= 0.6 is 11.6 Å². The van der Waals surface area contributed by atoms with Crippen LogP contribution in [0.3, 0.4) is 0 Å². The number of benzene rings is 3. The van der Waals surface area contributed by atoms with Crippen molar-refractivity contribution in [3.8, 4) is 5.75 Å². The maximum atomic E-state index is 14.6. The Bertz CT molecular complexity index is 1350. The summed E-state index contributed by atoms with van der Waals surface area (Å²) in [4.78, 5) is 4.37. The molecular formula is C27H20ClF5N2O. The second-order valence-electron chi connectivity index (χ2n) is 8.28. The number of nitrogens with one attached hydrogen (secondary N) is 1. The molecule has 1 heterocycles. The normalized spacial score (nSPS) is 13.4. The third-order valence-corrected chi connectivity index (χ3v) is 6.05. The quantitative estimate of drug-likeness (QED) is 0.259. The number of hydrogen-bond donors (Lipinski definition) is 2. The molecule has 3 nitrogen and oxygen atoms in total. The van der Waals surface area contributed by atoms with E-state index in [1.54, 1.807) is 36.4 Å². The molecule has 0 unspecified atom stereocenters. The molecule has 2 N–H and O–H groups in total. The monoisotopic (exact) mass is 518 g/mol. The Balaban J connectivity index is 1.93.